The van der Waals surface area contributed by atoms with Crippen LogP contribution in [0.2, 0.25) is 0 Å². The molecule has 0 aromatic heterocycles. The van der Waals surface area contributed by atoms with Crippen LogP contribution >= 0.6 is 0 Å². The van der Waals surface area contributed by atoms with Gasteiger partial charge in [0.25, 0.3) is 0 Å². The Balaban J connectivity index is 1.68. The van der Waals surface area contributed by atoms with Crippen molar-refractivity contribution >= 4 is 16.2 Å². The molecule has 7 unspecified atom stereocenters. The van der Waals surface area contributed by atoms with Gasteiger partial charge in [0.15, 0.2) is 5.78 Å². The molecule has 4 rings (SSSR count). The van der Waals surface area contributed by atoms with Gasteiger partial charge in [-0.3, -0.25) is 8.98 Å². The highest BCUT2D eigenvalue weighted by atomic mass is 32.3. The van der Waals surface area contributed by atoms with Gasteiger partial charge in [0.05, 0.1) is 12.2 Å². The zero-order valence-electron chi connectivity index (χ0n) is 15.3. The van der Waals surface area contributed by atoms with Crippen LogP contribution in [0.15, 0.2) is 11.6 Å². The van der Waals surface area contributed by atoms with E-state index >= 15 is 0 Å². The third kappa shape index (κ3) is 2.70. The van der Waals surface area contributed by atoms with E-state index in [2.05, 4.69) is 6.92 Å². The zero-order chi connectivity index (χ0) is 18.9. The van der Waals surface area contributed by atoms with Crippen molar-refractivity contribution in [2.24, 2.45) is 28.6 Å². The van der Waals surface area contributed by atoms with Gasteiger partial charge in [0.2, 0.25) is 10.4 Å². The maximum absolute atomic E-state index is 11.9. The number of ketones is 1. The van der Waals surface area contributed by atoms with E-state index in [-0.39, 0.29) is 29.0 Å². The van der Waals surface area contributed by atoms with E-state index in [0.29, 0.717) is 19.3 Å². The molecule has 0 aromatic carbocycles. The van der Waals surface area contributed by atoms with Crippen molar-refractivity contribution in [2.75, 3.05) is 0 Å². The summed E-state index contributed by atoms with van der Waals surface area (Å²) >= 11 is 0. The molecule has 3 fully saturated rings. The SMILES string of the molecule is CC12CCC(=O)C=C1CCC1C2C(O)CC2(C)C(OS(=O)(=O)[O-])CCC12. The van der Waals surface area contributed by atoms with E-state index < -0.39 is 28.0 Å². The summed E-state index contributed by atoms with van der Waals surface area (Å²) in [7, 11) is -4.76. The molecule has 0 saturated heterocycles. The Morgan fingerprint density at radius 2 is 1.96 bits per heavy atom. The highest BCUT2D eigenvalue weighted by Crippen LogP contribution is 2.65. The Kier molecular flexibility index (Phi) is 4.20. The van der Waals surface area contributed by atoms with Crippen LogP contribution in [0.5, 0.6) is 0 Å². The summed E-state index contributed by atoms with van der Waals surface area (Å²) in [6.07, 6.45) is 5.41. The molecule has 7 atom stereocenters. The number of hydrogen-bond donors (Lipinski definition) is 1. The molecule has 0 aliphatic heterocycles. The molecule has 0 heterocycles. The minimum Gasteiger partial charge on any atom is -0.726 e. The van der Waals surface area contributed by atoms with Gasteiger partial charge in [-0.05, 0) is 67.8 Å². The van der Waals surface area contributed by atoms with E-state index in [9.17, 15) is 22.9 Å². The molecule has 146 valence electrons. The number of carbonyl (C=O) groups excluding carboxylic acids is 1. The van der Waals surface area contributed by atoms with Gasteiger partial charge in [-0.25, -0.2) is 8.42 Å². The van der Waals surface area contributed by atoms with Gasteiger partial charge in [-0.2, -0.15) is 0 Å². The standard InChI is InChI=1S/C19H28O6S/c1-18-8-7-12(20)9-11(18)3-4-13-14-5-6-16(25-26(22,23)24)19(14,2)10-15(21)17(13)18/h9,13-17,21H,3-8,10H2,1-2H3,(H,22,23,24)/p-1. The quantitative estimate of drug-likeness (QED) is 0.580. The molecular weight excluding hydrogens is 356 g/mol. The summed E-state index contributed by atoms with van der Waals surface area (Å²) in [4.78, 5) is 11.9. The number of fused-ring (bicyclic) bond motifs is 5. The van der Waals surface area contributed by atoms with Gasteiger partial charge in [-0.1, -0.05) is 19.4 Å². The molecule has 0 amide bonds. The summed E-state index contributed by atoms with van der Waals surface area (Å²) in [5.41, 5.74) is 0.506. The second kappa shape index (κ2) is 5.87. The van der Waals surface area contributed by atoms with Gasteiger partial charge in [0.1, 0.15) is 0 Å². The van der Waals surface area contributed by atoms with Crippen molar-refractivity contribution in [3.63, 3.8) is 0 Å². The van der Waals surface area contributed by atoms with Gasteiger partial charge in [-0.15, -0.1) is 0 Å². The lowest BCUT2D eigenvalue weighted by atomic mass is 9.46. The van der Waals surface area contributed by atoms with Crippen LogP contribution in [0.3, 0.4) is 0 Å². The number of allylic oxidation sites excluding steroid dienone is 1. The zero-order valence-corrected chi connectivity index (χ0v) is 16.1. The van der Waals surface area contributed by atoms with Crippen LogP contribution in [0.25, 0.3) is 0 Å². The summed E-state index contributed by atoms with van der Waals surface area (Å²) in [6, 6.07) is 0. The van der Waals surface area contributed by atoms with Crippen molar-refractivity contribution in [1.29, 1.82) is 0 Å². The molecule has 4 aliphatic rings. The molecule has 0 aromatic rings. The van der Waals surface area contributed by atoms with Gasteiger partial charge in [0, 0.05) is 11.8 Å². The van der Waals surface area contributed by atoms with Crippen molar-refractivity contribution in [3.8, 4) is 0 Å². The minimum atomic E-state index is -4.76. The van der Waals surface area contributed by atoms with Crippen molar-refractivity contribution in [1.82, 2.24) is 0 Å². The number of rotatable bonds is 2. The Hall–Kier alpha value is -0.760. The number of hydrogen-bond acceptors (Lipinski definition) is 6. The largest absolute Gasteiger partial charge is 0.726 e. The average Bonchev–Trinajstić information content (AvgIpc) is 2.82. The number of aliphatic hydroxyl groups excluding tert-OH is 1. The fourth-order valence-corrected chi connectivity index (χ4v) is 7.54. The minimum absolute atomic E-state index is 0.0799. The monoisotopic (exact) mass is 383 g/mol. The normalized spacial score (nSPS) is 48.4. The highest BCUT2D eigenvalue weighted by Gasteiger charge is 2.62. The maximum atomic E-state index is 11.9. The lowest BCUT2D eigenvalue weighted by Crippen LogP contribution is -2.57. The third-order valence-electron chi connectivity index (χ3n) is 8.04. The molecule has 26 heavy (non-hydrogen) atoms. The smallest absolute Gasteiger partial charge is 0.217 e. The molecule has 7 heteroatoms. The third-order valence-corrected chi connectivity index (χ3v) is 8.51. The van der Waals surface area contributed by atoms with Crippen molar-refractivity contribution < 1.29 is 27.1 Å². The molecule has 4 aliphatic carbocycles. The predicted octanol–water partition coefficient (Wildman–Crippen LogP) is 2.33. The van der Waals surface area contributed by atoms with E-state index in [1.54, 1.807) is 6.08 Å². The fourth-order valence-electron chi connectivity index (χ4n) is 6.94. The van der Waals surface area contributed by atoms with Crippen LogP contribution in [0.4, 0.5) is 0 Å². The summed E-state index contributed by atoms with van der Waals surface area (Å²) in [6.45, 7) is 4.15. The Morgan fingerprint density at radius 1 is 1.23 bits per heavy atom. The first-order valence-electron chi connectivity index (χ1n) is 9.61. The Morgan fingerprint density at radius 3 is 2.65 bits per heavy atom. The van der Waals surface area contributed by atoms with Crippen molar-refractivity contribution in [2.45, 2.75) is 71.0 Å². The number of carbonyl (C=O) groups is 1. The van der Waals surface area contributed by atoms with E-state index in [0.717, 1.165) is 25.7 Å². The second-order valence-corrected chi connectivity index (χ2v) is 10.2. The van der Waals surface area contributed by atoms with Crippen LogP contribution in [-0.2, 0) is 19.4 Å². The first-order valence-corrected chi connectivity index (χ1v) is 10.9. The molecule has 3 saturated carbocycles. The second-order valence-electron chi connectivity index (χ2n) is 9.24. The topological polar surface area (TPSA) is 104 Å². The summed E-state index contributed by atoms with van der Waals surface area (Å²) in [5, 5.41) is 11.1. The molecule has 6 nitrogen and oxygen atoms in total. The van der Waals surface area contributed by atoms with E-state index in [4.69, 9.17) is 4.18 Å². The molecule has 0 radical (unpaired) electrons. The highest BCUT2D eigenvalue weighted by molar-refractivity contribution is 7.80. The Bertz CT molecular complexity index is 758. The molecule has 1 N–H and O–H groups in total. The number of aliphatic hydroxyl groups is 1. The lowest BCUT2D eigenvalue weighted by Gasteiger charge is -2.59. The maximum Gasteiger partial charge on any atom is 0.217 e. The predicted molar refractivity (Wildman–Crippen MR) is 92.7 cm³/mol. The lowest BCUT2D eigenvalue weighted by molar-refractivity contribution is -0.139. The first-order chi connectivity index (χ1) is 12.0. The van der Waals surface area contributed by atoms with Crippen molar-refractivity contribution in [3.05, 3.63) is 11.6 Å². The average molecular weight is 383 g/mol. The van der Waals surface area contributed by atoms with E-state index in [1.807, 2.05) is 6.92 Å². The summed E-state index contributed by atoms with van der Waals surface area (Å²) in [5.74, 6) is 0.762. The van der Waals surface area contributed by atoms with Crippen LogP contribution in [-0.4, -0.2) is 36.1 Å². The fraction of sp³-hybridized carbons (Fsp3) is 0.842. The van der Waals surface area contributed by atoms with Crippen LogP contribution in [0.1, 0.15) is 58.8 Å². The molecule has 0 spiro atoms. The van der Waals surface area contributed by atoms with Crippen LogP contribution < -0.4 is 0 Å². The molecular formula is C19H27O6S-. The molecule has 0 bridgehead atoms. The summed E-state index contributed by atoms with van der Waals surface area (Å²) < 4.78 is 38.4. The van der Waals surface area contributed by atoms with E-state index in [1.165, 1.54) is 5.57 Å². The first kappa shape index (κ1) is 18.6. The van der Waals surface area contributed by atoms with Crippen LogP contribution in [0, 0.1) is 28.6 Å². The van der Waals surface area contributed by atoms with Gasteiger partial charge < -0.3 is 9.66 Å². The Labute approximate surface area is 155 Å². The van der Waals surface area contributed by atoms with Gasteiger partial charge >= 0.3 is 0 Å².